The molecule has 1 aromatic carbocycles. The summed E-state index contributed by atoms with van der Waals surface area (Å²) >= 11 is 0. The maximum Gasteiger partial charge on any atom is 0.411 e. The van der Waals surface area contributed by atoms with Gasteiger partial charge in [-0.05, 0) is 70.9 Å². The van der Waals surface area contributed by atoms with Crippen molar-refractivity contribution >= 4 is 12.0 Å². The van der Waals surface area contributed by atoms with Crippen molar-refractivity contribution in [2.75, 3.05) is 13.1 Å². The summed E-state index contributed by atoms with van der Waals surface area (Å²) in [4.78, 5) is 29.5. The van der Waals surface area contributed by atoms with Crippen molar-refractivity contribution in [1.29, 1.82) is 0 Å². The summed E-state index contributed by atoms with van der Waals surface area (Å²) in [7, 11) is 0. The Hall–Kier alpha value is -2.18. The molecule has 0 unspecified atom stereocenters. The predicted molar refractivity (Wildman–Crippen MR) is 103 cm³/mol. The number of carbonyl (C=O) groups is 2. The molecular weight excluding hydrogens is 378 g/mol. The van der Waals surface area contributed by atoms with E-state index in [1.54, 1.807) is 9.80 Å². The molecule has 3 saturated heterocycles. The zero-order valence-electron chi connectivity index (χ0n) is 17.2. The van der Waals surface area contributed by atoms with Crippen LogP contribution in [0.15, 0.2) is 18.2 Å². The van der Waals surface area contributed by atoms with Gasteiger partial charge < -0.3 is 9.64 Å². The van der Waals surface area contributed by atoms with E-state index >= 15 is 0 Å². The molecule has 2 amide bonds. The molecule has 0 radical (unpaired) electrons. The maximum absolute atomic E-state index is 13.9. The van der Waals surface area contributed by atoms with Crippen molar-refractivity contribution in [1.82, 2.24) is 9.80 Å². The van der Waals surface area contributed by atoms with E-state index in [1.807, 2.05) is 20.8 Å². The zero-order valence-corrected chi connectivity index (χ0v) is 17.2. The average molecular weight is 406 g/mol. The fourth-order valence-electron chi connectivity index (χ4n) is 5.06. The molecule has 7 heteroatoms. The van der Waals surface area contributed by atoms with Crippen LogP contribution in [0.2, 0.25) is 0 Å². The molecule has 0 atom stereocenters. The topological polar surface area (TPSA) is 49.9 Å². The number of benzene rings is 1. The Morgan fingerprint density at radius 2 is 1.72 bits per heavy atom. The number of carbonyl (C=O) groups excluding carboxylic acids is 2. The van der Waals surface area contributed by atoms with Gasteiger partial charge in [-0.3, -0.25) is 9.69 Å². The molecule has 29 heavy (non-hydrogen) atoms. The molecule has 3 heterocycles. The number of rotatable bonds is 3. The molecular formula is C22H28F2N2O3. The van der Waals surface area contributed by atoms with Gasteiger partial charge in [0.15, 0.2) is 0 Å². The maximum atomic E-state index is 13.9. The van der Waals surface area contributed by atoms with Gasteiger partial charge in [0.1, 0.15) is 22.8 Å². The lowest BCUT2D eigenvalue weighted by atomic mass is 9.83. The molecule has 5 nitrogen and oxygen atoms in total. The molecule has 3 aliphatic rings. The number of fused-ring (bicyclic) bond motifs is 2. The van der Waals surface area contributed by atoms with Crippen LogP contribution in [0, 0.1) is 17.6 Å². The van der Waals surface area contributed by atoms with Crippen LogP contribution in [0.3, 0.4) is 0 Å². The first-order chi connectivity index (χ1) is 13.6. The number of hydrogen-bond acceptors (Lipinski definition) is 3. The van der Waals surface area contributed by atoms with Gasteiger partial charge in [-0.25, -0.2) is 13.6 Å². The lowest BCUT2D eigenvalue weighted by Gasteiger charge is -2.45. The van der Waals surface area contributed by atoms with Crippen LogP contribution in [-0.2, 0) is 16.0 Å². The third-order valence-corrected chi connectivity index (χ3v) is 6.40. The summed E-state index contributed by atoms with van der Waals surface area (Å²) in [5.41, 5.74) is -1.35. The van der Waals surface area contributed by atoms with Gasteiger partial charge in [0.2, 0.25) is 5.91 Å². The summed E-state index contributed by atoms with van der Waals surface area (Å²) < 4.78 is 33.3. The first-order valence-electron chi connectivity index (χ1n) is 10.4. The molecule has 4 rings (SSSR count). The summed E-state index contributed by atoms with van der Waals surface area (Å²) in [5, 5.41) is 0. The van der Waals surface area contributed by atoms with Gasteiger partial charge in [-0.2, -0.15) is 0 Å². The van der Waals surface area contributed by atoms with Crippen molar-refractivity contribution in [2.45, 2.75) is 70.1 Å². The normalized spacial score (nSPS) is 26.6. The molecule has 3 aliphatic heterocycles. The van der Waals surface area contributed by atoms with Crippen LogP contribution in [0.25, 0.3) is 0 Å². The van der Waals surface area contributed by atoms with E-state index in [0.29, 0.717) is 25.9 Å². The van der Waals surface area contributed by atoms with E-state index in [0.717, 1.165) is 12.8 Å². The molecule has 0 N–H and O–H groups in total. The summed E-state index contributed by atoms with van der Waals surface area (Å²) in [6.45, 7) is 6.38. The molecule has 158 valence electrons. The quantitative estimate of drug-likeness (QED) is 0.765. The van der Waals surface area contributed by atoms with Crippen LogP contribution < -0.4 is 0 Å². The number of ether oxygens (including phenoxy) is 1. The minimum absolute atomic E-state index is 0.0235. The average Bonchev–Trinajstić information content (AvgIpc) is 3.14. The monoisotopic (exact) mass is 406 g/mol. The van der Waals surface area contributed by atoms with E-state index in [2.05, 4.69) is 0 Å². The van der Waals surface area contributed by atoms with E-state index < -0.39 is 28.9 Å². The summed E-state index contributed by atoms with van der Waals surface area (Å²) in [6.07, 6.45) is 2.77. The molecule has 1 aromatic rings. The van der Waals surface area contributed by atoms with E-state index in [4.69, 9.17) is 4.74 Å². The van der Waals surface area contributed by atoms with Crippen molar-refractivity contribution in [3.05, 3.63) is 35.4 Å². The number of amides is 2. The molecule has 0 saturated carbocycles. The van der Waals surface area contributed by atoms with Crippen molar-refractivity contribution < 1.29 is 23.1 Å². The molecule has 0 aliphatic carbocycles. The van der Waals surface area contributed by atoms with Crippen LogP contribution in [0.1, 0.15) is 52.0 Å². The predicted octanol–water partition coefficient (Wildman–Crippen LogP) is 3.90. The van der Waals surface area contributed by atoms with Crippen molar-refractivity contribution in [3.8, 4) is 0 Å². The van der Waals surface area contributed by atoms with Crippen LogP contribution in [-0.4, -0.2) is 52.1 Å². The Balaban J connectivity index is 1.43. The lowest BCUT2D eigenvalue weighted by molar-refractivity contribution is -0.148. The van der Waals surface area contributed by atoms with Gasteiger partial charge in [0.25, 0.3) is 0 Å². The second-order valence-corrected chi connectivity index (χ2v) is 9.59. The Morgan fingerprint density at radius 1 is 1.14 bits per heavy atom. The second-order valence-electron chi connectivity index (χ2n) is 9.59. The SMILES string of the molecule is CC(C)(C)OC(=O)N1C2CCC1(C(=O)N1CC(Cc3c(F)cccc3F)C1)CC2. The Bertz CT molecular complexity index is 802. The fourth-order valence-corrected chi connectivity index (χ4v) is 5.06. The third-order valence-electron chi connectivity index (χ3n) is 6.40. The standard InChI is InChI=1S/C22H28F2N2O3/c1-21(2,3)29-20(28)26-15-7-9-22(26,10-8-15)19(27)25-12-14(13-25)11-16-17(23)5-4-6-18(16)24/h4-6,14-15H,7-13H2,1-3H3. The number of nitrogens with zero attached hydrogens (tertiary/aromatic N) is 2. The van der Waals surface area contributed by atoms with Gasteiger partial charge in [-0.15, -0.1) is 0 Å². The second kappa shape index (κ2) is 6.96. The van der Waals surface area contributed by atoms with Gasteiger partial charge >= 0.3 is 6.09 Å². The van der Waals surface area contributed by atoms with Crippen LogP contribution in [0.4, 0.5) is 13.6 Å². The van der Waals surface area contributed by atoms with Crippen molar-refractivity contribution in [2.24, 2.45) is 5.92 Å². The summed E-state index contributed by atoms with van der Waals surface area (Å²) in [6, 6.07) is 3.92. The Morgan fingerprint density at radius 3 is 2.28 bits per heavy atom. The van der Waals surface area contributed by atoms with E-state index in [9.17, 15) is 18.4 Å². The third kappa shape index (κ3) is 3.49. The fraction of sp³-hybridized carbons (Fsp3) is 0.636. The highest BCUT2D eigenvalue weighted by atomic mass is 19.1. The minimum atomic E-state index is -0.818. The number of hydrogen-bond donors (Lipinski definition) is 0. The van der Waals surface area contributed by atoms with E-state index in [1.165, 1.54) is 18.2 Å². The summed E-state index contributed by atoms with van der Waals surface area (Å²) in [5.74, 6) is -1.11. The van der Waals surface area contributed by atoms with Gasteiger partial charge in [0.05, 0.1) is 0 Å². The lowest BCUT2D eigenvalue weighted by Crippen LogP contribution is -2.62. The van der Waals surface area contributed by atoms with E-state index in [-0.39, 0.29) is 29.9 Å². The smallest absolute Gasteiger partial charge is 0.411 e. The molecule has 0 aromatic heterocycles. The highest BCUT2D eigenvalue weighted by Crippen LogP contribution is 2.48. The van der Waals surface area contributed by atoms with Crippen LogP contribution in [0.5, 0.6) is 0 Å². The molecule has 2 bridgehead atoms. The highest BCUT2D eigenvalue weighted by molar-refractivity contribution is 5.92. The Kier molecular flexibility index (Phi) is 4.82. The largest absolute Gasteiger partial charge is 0.444 e. The number of halogens is 2. The van der Waals surface area contributed by atoms with Gasteiger partial charge in [0, 0.05) is 24.7 Å². The first-order valence-corrected chi connectivity index (χ1v) is 10.4. The first kappa shape index (κ1) is 20.1. The van der Waals surface area contributed by atoms with Crippen LogP contribution >= 0.6 is 0 Å². The number of likely N-dealkylation sites (tertiary alicyclic amines) is 1. The van der Waals surface area contributed by atoms with Crippen molar-refractivity contribution in [3.63, 3.8) is 0 Å². The van der Waals surface area contributed by atoms with Gasteiger partial charge in [-0.1, -0.05) is 6.07 Å². The highest BCUT2D eigenvalue weighted by Gasteiger charge is 2.61. The molecule has 0 spiro atoms. The Labute approximate surface area is 170 Å². The minimum Gasteiger partial charge on any atom is -0.444 e. The molecule has 3 fully saturated rings. The zero-order chi connectivity index (χ0) is 21.0.